The van der Waals surface area contributed by atoms with Crippen LogP contribution in [0.5, 0.6) is 5.75 Å². The number of imidazole rings is 1. The average Bonchev–Trinajstić information content (AvgIpc) is 3.06. The normalized spacial score (nSPS) is 22.6. The maximum atomic E-state index is 9.93. The fraction of sp³-hybridized carbons (Fsp3) is 0.357. The Morgan fingerprint density at radius 3 is 3.05 bits per heavy atom. The first-order chi connectivity index (χ1) is 9.29. The maximum absolute atomic E-state index is 9.93. The first-order valence-electron chi connectivity index (χ1n) is 6.22. The highest BCUT2D eigenvalue weighted by Crippen LogP contribution is 2.28. The van der Waals surface area contributed by atoms with Crippen molar-refractivity contribution in [3.8, 4) is 17.1 Å². The van der Waals surface area contributed by atoms with Gasteiger partial charge in [0.05, 0.1) is 26.4 Å². The largest absolute Gasteiger partial charge is 0.497 e. The first-order valence-corrected chi connectivity index (χ1v) is 6.22. The molecule has 0 radical (unpaired) electrons. The van der Waals surface area contributed by atoms with Crippen molar-refractivity contribution in [3.63, 3.8) is 0 Å². The second-order valence-corrected chi connectivity index (χ2v) is 4.56. The third-order valence-corrected chi connectivity index (χ3v) is 3.38. The maximum Gasteiger partial charge on any atom is 0.140 e. The van der Waals surface area contributed by atoms with E-state index in [-0.39, 0.29) is 6.04 Å². The molecule has 1 aliphatic rings. The Hall–Kier alpha value is -1.85. The van der Waals surface area contributed by atoms with Crippen LogP contribution in [0.1, 0.15) is 6.04 Å². The van der Waals surface area contributed by atoms with Crippen molar-refractivity contribution in [2.24, 2.45) is 0 Å². The molecule has 0 bridgehead atoms. The quantitative estimate of drug-likeness (QED) is 0.908. The van der Waals surface area contributed by atoms with Crippen molar-refractivity contribution < 1.29 is 14.6 Å². The van der Waals surface area contributed by atoms with Crippen LogP contribution in [0.4, 0.5) is 0 Å². The number of methoxy groups -OCH3 is 1. The number of aliphatic hydroxyl groups is 1. The molecule has 5 nitrogen and oxygen atoms in total. The molecule has 1 N–H and O–H groups in total. The van der Waals surface area contributed by atoms with E-state index in [2.05, 4.69) is 4.98 Å². The van der Waals surface area contributed by atoms with Gasteiger partial charge < -0.3 is 19.1 Å². The molecular formula is C14H16N2O3. The van der Waals surface area contributed by atoms with E-state index in [1.165, 1.54) is 0 Å². The first kappa shape index (κ1) is 12.2. The van der Waals surface area contributed by atoms with Gasteiger partial charge in [0.1, 0.15) is 17.7 Å². The predicted molar refractivity (Wildman–Crippen MR) is 70.1 cm³/mol. The van der Waals surface area contributed by atoms with Crippen molar-refractivity contribution >= 4 is 0 Å². The smallest absolute Gasteiger partial charge is 0.140 e. The van der Waals surface area contributed by atoms with Gasteiger partial charge >= 0.3 is 0 Å². The molecule has 100 valence electrons. The van der Waals surface area contributed by atoms with Gasteiger partial charge in [0.15, 0.2) is 0 Å². The molecule has 1 fully saturated rings. The Morgan fingerprint density at radius 1 is 1.42 bits per heavy atom. The third-order valence-electron chi connectivity index (χ3n) is 3.38. The summed E-state index contributed by atoms with van der Waals surface area (Å²) in [4.78, 5) is 4.38. The van der Waals surface area contributed by atoms with Crippen LogP contribution < -0.4 is 4.74 Å². The molecule has 2 atom stereocenters. The van der Waals surface area contributed by atoms with Crippen LogP contribution in [-0.4, -0.2) is 41.1 Å². The fourth-order valence-corrected chi connectivity index (χ4v) is 2.36. The molecule has 1 aromatic carbocycles. The summed E-state index contributed by atoms with van der Waals surface area (Å²) < 4.78 is 12.5. The van der Waals surface area contributed by atoms with E-state index in [4.69, 9.17) is 9.47 Å². The number of hydrogen-bond donors (Lipinski definition) is 1. The van der Waals surface area contributed by atoms with Gasteiger partial charge in [-0.15, -0.1) is 0 Å². The highest BCUT2D eigenvalue weighted by molar-refractivity contribution is 5.58. The lowest BCUT2D eigenvalue weighted by Gasteiger charge is -2.17. The third kappa shape index (κ3) is 2.22. The monoisotopic (exact) mass is 260 g/mol. The molecule has 0 unspecified atom stereocenters. The van der Waals surface area contributed by atoms with E-state index in [9.17, 15) is 5.11 Å². The molecule has 1 aromatic heterocycles. The van der Waals surface area contributed by atoms with Gasteiger partial charge in [0.2, 0.25) is 0 Å². The highest BCUT2D eigenvalue weighted by Gasteiger charge is 2.29. The Labute approximate surface area is 111 Å². The van der Waals surface area contributed by atoms with Crippen molar-refractivity contribution in [2.45, 2.75) is 12.1 Å². The lowest BCUT2D eigenvalue weighted by atomic mass is 10.1. The zero-order valence-corrected chi connectivity index (χ0v) is 10.7. The number of nitrogens with zero attached hydrogens (tertiary/aromatic N) is 2. The zero-order valence-electron chi connectivity index (χ0n) is 10.7. The van der Waals surface area contributed by atoms with Gasteiger partial charge in [-0.3, -0.25) is 0 Å². The molecule has 0 spiro atoms. The fourth-order valence-electron chi connectivity index (χ4n) is 2.36. The minimum atomic E-state index is -0.487. The summed E-state index contributed by atoms with van der Waals surface area (Å²) in [5.74, 6) is 1.60. The lowest BCUT2D eigenvalue weighted by Crippen LogP contribution is -2.22. The molecular weight excluding hydrogens is 244 g/mol. The van der Waals surface area contributed by atoms with Crippen molar-refractivity contribution in [3.05, 3.63) is 36.7 Å². The predicted octanol–water partition coefficient (Wildman–Crippen LogP) is 1.49. The Balaban J connectivity index is 1.99. The molecule has 2 heterocycles. The van der Waals surface area contributed by atoms with E-state index in [1.54, 1.807) is 13.3 Å². The lowest BCUT2D eigenvalue weighted by molar-refractivity contribution is 0.119. The summed E-state index contributed by atoms with van der Waals surface area (Å²) in [5, 5.41) is 9.93. The van der Waals surface area contributed by atoms with Crippen LogP contribution in [0.3, 0.4) is 0 Å². The van der Waals surface area contributed by atoms with Gasteiger partial charge in [0, 0.05) is 18.0 Å². The van der Waals surface area contributed by atoms with Crippen LogP contribution in [-0.2, 0) is 4.74 Å². The van der Waals surface area contributed by atoms with E-state index >= 15 is 0 Å². The van der Waals surface area contributed by atoms with Gasteiger partial charge in [-0.25, -0.2) is 4.98 Å². The summed E-state index contributed by atoms with van der Waals surface area (Å²) in [7, 11) is 1.64. The zero-order chi connectivity index (χ0) is 13.2. The SMILES string of the molecule is COc1cccc(-c2nccn2[C@@H]2COC[C@H]2O)c1. The summed E-state index contributed by atoms with van der Waals surface area (Å²) in [6, 6.07) is 7.65. The Morgan fingerprint density at radius 2 is 2.32 bits per heavy atom. The molecule has 19 heavy (non-hydrogen) atoms. The van der Waals surface area contributed by atoms with Crippen molar-refractivity contribution in [1.29, 1.82) is 0 Å². The summed E-state index contributed by atoms with van der Waals surface area (Å²) in [5.41, 5.74) is 0.962. The summed E-state index contributed by atoms with van der Waals surface area (Å²) in [6.07, 6.45) is 3.12. The molecule has 0 saturated carbocycles. The standard InChI is InChI=1S/C14H16N2O3/c1-18-11-4-2-3-10(7-11)14-15-5-6-16(14)12-8-19-9-13(12)17/h2-7,12-13,17H,8-9H2,1H3/t12-,13-/m1/s1. The minimum absolute atomic E-state index is 0.0799. The van der Waals surface area contributed by atoms with Crippen molar-refractivity contribution in [1.82, 2.24) is 9.55 Å². The Kier molecular flexibility index (Phi) is 3.23. The van der Waals surface area contributed by atoms with Crippen LogP contribution in [0.15, 0.2) is 36.7 Å². The summed E-state index contributed by atoms with van der Waals surface area (Å²) >= 11 is 0. The Bertz CT molecular complexity index is 567. The molecule has 3 rings (SSSR count). The van der Waals surface area contributed by atoms with E-state index < -0.39 is 6.10 Å². The minimum Gasteiger partial charge on any atom is -0.497 e. The second kappa shape index (κ2) is 5.03. The number of benzene rings is 1. The van der Waals surface area contributed by atoms with Crippen LogP contribution in [0, 0.1) is 0 Å². The van der Waals surface area contributed by atoms with Crippen molar-refractivity contribution in [2.75, 3.05) is 20.3 Å². The molecule has 0 aliphatic carbocycles. The van der Waals surface area contributed by atoms with E-state index in [0.717, 1.165) is 17.1 Å². The number of ether oxygens (including phenoxy) is 2. The molecule has 2 aromatic rings. The van der Waals surface area contributed by atoms with E-state index in [1.807, 2.05) is 35.0 Å². The molecule has 0 amide bonds. The molecule has 1 saturated heterocycles. The van der Waals surface area contributed by atoms with Crippen LogP contribution >= 0.6 is 0 Å². The number of hydrogen-bond acceptors (Lipinski definition) is 4. The second-order valence-electron chi connectivity index (χ2n) is 4.56. The van der Waals surface area contributed by atoms with Gasteiger partial charge in [-0.1, -0.05) is 12.1 Å². The average molecular weight is 260 g/mol. The van der Waals surface area contributed by atoms with Gasteiger partial charge in [-0.05, 0) is 12.1 Å². The number of aromatic nitrogens is 2. The number of rotatable bonds is 3. The number of aliphatic hydroxyl groups excluding tert-OH is 1. The molecule has 1 aliphatic heterocycles. The van der Waals surface area contributed by atoms with Crippen LogP contribution in [0.25, 0.3) is 11.4 Å². The summed E-state index contributed by atoms with van der Waals surface area (Å²) in [6.45, 7) is 0.884. The molecule has 5 heteroatoms. The van der Waals surface area contributed by atoms with Crippen LogP contribution in [0.2, 0.25) is 0 Å². The van der Waals surface area contributed by atoms with Gasteiger partial charge in [0.25, 0.3) is 0 Å². The highest BCUT2D eigenvalue weighted by atomic mass is 16.5. The topological polar surface area (TPSA) is 56.5 Å². The van der Waals surface area contributed by atoms with E-state index in [0.29, 0.717) is 13.2 Å². The van der Waals surface area contributed by atoms with Gasteiger partial charge in [-0.2, -0.15) is 0 Å².